The first-order valence-electron chi connectivity index (χ1n) is 12.1. The van der Waals surface area contributed by atoms with Crippen molar-refractivity contribution >= 4 is 18.1 Å². The molecule has 2 amide bonds. The van der Waals surface area contributed by atoms with Gasteiger partial charge >= 0.3 is 12.2 Å². The van der Waals surface area contributed by atoms with Crippen molar-refractivity contribution in [3.63, 3.8) is 0 Å². The van der Waals surface area contributed by atoms with Crippen LogP contribution in [0.3, 0.4) is 0 Å². The third-order valence-corrected chi connectivity index (χ3v) is 4.78. The van der Waals surface area contributed by atoms with Crippen molar-refractivity contribution in [1.29, 1.82) is 5.41 Å². The molecule has 0 saturated carbocycles. The van der Waals surface area contributed by atoms with Crippen molar-refractivity contribution in [2.24, 2.45) is 0 Å². The molecule has 0 saturated heterocycles. The lowest BCUT2D eigenvalue weighted by Crippen LogP contribution is -2.47. The van der Waals surface area contributed by atoms with Gasteiger partial charge in [-0.15, -0.1) is 4.90 Å². The highest BCUT2D eigenvalue weighted by Crippen LogP contribution is 2.28. The van der Waals surface area contributed by atoms with Gasteiger partial charge in [-0.05, 0) is 47.6 Å². The van der Waals surface area contributed by atoms with Crippen LogP contribution in [-0.4, -0.2) is 44.0 Å². The van der Waals surface area contributed by atoms with E-state index in [2.05, 4.69) is 5.10 Å². The maximum absolute atomic E-state index is 13.5. The minimum atomic E-state index is -1.18. The standard InChI is InChI=1S/C28H34N4O6/c1-27(2,3)37-22(20-14-9-7-10-15-20)35-25(33)32(24(29)31-19-13-18-30-31)26(34)36-23(38-28(4,5)6)21-16-11-8-12-17-21/h7-19,22-23,29H,1-6H3. The van der Waals surface area contributed by atoms with E-state index in [1.165, 1.54) is 12.4 Å². The molecule has 0 aliphatic carbocycles. The number of carbonyl (C=O) groups is 2. The van der Waals surface area contributed by atoms with Crippen LogP contribution in [0.4, 0.5) is 9.59 Å². The topological polar surface area (TPSA) is 116 Å². The largest absolute Gasteiger partial charge is 0.429 e. The van der Waals surface area contributed by atoms with Crippen LogP contribution in [0.2, 0.25) is 0 Å². The quantitative estimate of drug-likeness (QED) is 0.230. The Hall–Kier alpha value is -4.02. The molecule has 0 aliphatic rings. The Labute approximate surface area is 222 Å². The van der Waals surface area contributed by atoms with Gasteiger partial charge in [0.05, 0.1) is 11.2 Å². The zero-order chi connectivity index (χ0) is 27.9. The van der Waals surface area contributed by atoms with Gasteiger partial charge in [-0.25, -0.2) is 14.3 Å². The van der Waals surface area contributed by atoms with E-state index in [1.54, 1.807) is 54.6 Å². The predicted molar refractivity (Wildman–Crippen MR) is 140 cm³/mol. The van der Waals surface area contributed by atoms with Gasteiger partial charge in [-0.2, -0.15) is 5.10 Å². The Morgan fingerprint density at radius 1 is 0.763 bits per heavy atom. The number of amides is 2. The summed E-state index contributed by atoms with van der Waals surface area (Å²) in [7, 11) is 0. The van der Waals surface area contributed by atoms with Crippen LogP contribution >= 0.6 is 0 Å². The fourth-order valence-electron chi connectivity index (χ4n) is 3.22. The molecule has 10 nitrogen and oxygen atoms in total. The van der Waals surface area contributed by atoms with E-state index in [0.29, 0.717) is 16.0 Å². The normalized spacial score (nSPS) is 13.3. The highest BCUT2D eigenvalue weighted by atomic mass is 16.7. The van der Waals surface area contributed by atoms with Crippen LogP contribution in [0.1, 0.15) is 65.2 Å². The molecule has 1 N–H and O–H groups in total. The minimum absolute atomic E-state index is 0.441. The van der Waals surface area contributed by atoms with Crippen molar-refractivity contribution in [2.45, 2.75) is 65.3 Å². The fraction of sp³-hybridized carbons (Fsp3) is 0.357. The lowest BCUT2D eigenvalue weighted by molar-refractivity contribution is -0.179. The second kappa shape index (κ2) is 12.0. The average Bonchev–Trinajstić information content (AvgIpc) is 3.38. The number of ether oxygens (including phenoxy) is 4. The van der Waals surface area contributed by atoms with Crippen molar-refractivity contribution in [2.75, 3.05) is 0 Å². The molecule has 202 valence electrons. The van der Waals surface area contributed by atoms with Gasteiger partial charge in [0.25, 0.3) is 0 Å². The highest BCUT2D eigenvalue weighted by molar-refractivity contribution is 6.07. The van der Waals surface area contributed by atoms with Crippen molar-refractivity contribution in [1.82, 2.24) is 14.7 Å². The molecule has 38 heavy (non-hydrogen) atoms. The minimum Gasteiger partial charge on any atom is -0.414 e. The molecule has 0 spiro atoms. The highest BCUT2D eigenvalue weighted by Gasteiger charge is 2.37. The molecule has 0 bridgehead atoms. The summed E-state index contributed by atoms with van der Waals surface area (Å²) in [6, 6.07) is 19.2. The van der Waals surface area contributed by atoms with E-state index in [1.807, 2.05) is 53.7 Å². The number of nitrogens with zero attached hydrogens (tertiary/aromatic N) is 3. The maximum atomic E-state index is 13.5. The average molecular weight is 523 g/mol. The van der Waals surface area contributed by atoms with Gasteiger partial charge in [-0.1, -0.05) is 60.7 Å². The Balaban J connectivity index is 1.94. The molecule has 1 heterocycles. The van der Waals surface area contributed by atoms with E-state index < -0.39 is 41.9 Å². The lowest BCUT2D eigenvalue weighted by atomic mass is 10.1. The molecular formula is C28H34N4O6. The molecule has 2 atom stereocenters. The predicted octanol–water partition coefficient (Wildman–Crippen LogP) is 6.27. The molecule has 0 aliphatic heterocycles. The first-order valence-corrected chi connectivity index (χ1v) is 12.1. The van der Waals surface area contributed by atoms with Crippen LogP contribution in [-0.2, 0) is 18.9 Å². The van der Waals surface area contributed by atoms with E-state index in [9.17, 15) is 9.59 Å². The van der Waals surface area contributed by atoms with Gasteiger partial charge < -0.3 is 18.9 Å². The lowest BCUT2D eigenvalue weighted by Gasteiger charge is -2.31. The number of benzene rings is 2. The summed E-state index contributed by atoms with van der Waals surface area (Å²) in [5.74, 6) is -0.602. The third kappa shape index (κ3) is 8.25. The van der Waals surface area contributed by atoms with Gasteiger partial charge in [0, 0.05) is 23.5 Å². The third-order valence-electron chi connectivity index (χ3n) is 4.78. The zero-order valence-electron chi connectivity index (χ0n) is 22.5. The van der Waals surface area contributed by atoms with Crippen molar-refractivity contribution in [3.8, 4) is 0 Å². The van der Waals surface area contributed by atoms with E-state index >= 15 is 0 Å². The van der Waals surface area contributed by atoms with Gasteiger partial charge in [0.1, 0.15) is 0 Å². The summed E-state index contributed by atoms with van der Waals surface area (Å²) < 4.78 is 24.3. The maximum Gasteiger partial charge on any atom is 0.429 e. The SMILES string of the molecule is CC(C)(C)OC(OC(=O)N(C(=N)n1cccn1)C(=O)OC(OC(C)(C)C)c1ccccc1)c1ccccc1. The van der Waals surface area contributed by atoms with Crippen LogP contribution in [0.25, 0.3) is 0 Å². The Kier molecular flexibility index (Phi) is 9.03. The number of rotatable bonds is 6. The van der Waals surface area contributed by atoms with Crippen LogP contribution in [0.5, 0.6) is 0 Å². The Bertz CT molecular complexity index is 1130. The Morgan fingerprint density at radius 2 is 1.18 bits per heavy atom. The number of nitrogens with one attached hydrogen (secondary N) is 1. The summed E-state index contributed by atoms with van der Waals surface area (Å²) in [5, 5.41) is 12.5. The van der Waals surface area contributed by atoms with Crippen molar-refractivity contribution in [3.05, 3.63) is 90.3 Å². The molecular weight excluding hydrogens is 488 g/mol. The molecule has 2 aromatic carbocycles. The summed E-state index contributed by atoms with van der Waals surface area (Å²) in [6.07, 6.45) is -1.88. The van der Waals surface area contributed by atoms with E-state index in [0.717, 1.165) is 4.68 Å². The van der Waals surface area contributed by atoms with Gasteiger partial charge in [-0.3, -0.25) is 5.41 Å². The van der Waals surface area contributed by atoms with Crippen LogP contribution < -0.4 is 0 Å². The number of imide groups is 1. The summed E-state index contributed by atoms with van der Waals surface area (Å²) in [5.41, 5.74) is -0.290. The van der Waals surface area contributed by atoms with Gasteiger partial charge in [0.15, 0.2) is 0 Å². The molecule has 3 aromatic rings. The number of hydrogen-bond acceptors (Lipinski definition) is 8. The van der Waals surface area contributed by atoms with Crippen molar-refractivity contribution < 1.29 is 28.5 Å². The summed E-state index contributed by atoms with van der Waals surface area (Å²) in [4.78, 5) is 27.4. The Morgan fingerprint density at radius 3 is 1.53 bits per heavy atom. The number of aromatic nitrogens is 2. The molecule has 0 fully saturated rings. The summed E-state index contributed by atoms with van der Waals surface area (Å²) >= 11 is 0. The number of carbonyl (C=O) groups excluding carboxylic acids is 2. The van der Waals surface area contributed by atoms with E-state index in [-0.39, 0.29) is 0 Å². The fourth-order valence-corrected chi connectivity index (χ4v) is 3.22. The first kappa shape index (κ1) is 28.5. The molecule has 2 unspecified atom stereocenters. The van der Waals surface area contributed by atoms with Crippen LogP contribution in [0, 0.1) is 5.41 Å². The molecule has 0 radical (unpaired) electrons. The van der Waals surface area contributed by atoms with Crippen LogP contribution in [0.15, 0.2) is 79.1 Å². The van der Waals surface area contributed by atoms with Gasteiger partial charge in [0.2, 0.25) is 18.5 Å². The zero-order valence-corrected chi connectivity index (χ0v) is 22.5. The second-order valence-corrected chi connectivity index (χ2v) is 10.3. The monoisotopic (exact) mass is 522 g/mol. The second-order valence-electron chi connectivity index (χ2n) is 10.3. The van der Waals surface area contributed by atoms with E-state index in [4.69, 9.17) is 24.4 Å². The molecule has 1 aromatic heterocycles. The first-order chi connectivity index (χ1) is 17.8. The molecule has 3 rings (SSSR count). The molecule has 10 heteroatoms. The smallest absolute Gasteiger partial charge is 0.414 e. The summed E-state index contributed by atoms with van der Waals surface area (Å²) in [6.45, 7) is 10.9. The number of hydrogen-bond donors (Lipinski definition) is 1.